The molecule has 3 rings (SSSR count). The van der Waals surface area contributed by atoms with Gasteiger partial charge in [-0.2, -0.15) is 0 Å². The van der Waals surface area contributed by atoms with Gasteiger partial charge in [-0.05, 0) is 18.2 Å². The molecule has 0 fully saturated rings. The van der Waals surface area contributed by atoms with E-state index in [1.807, 2.05) is 53.9 Å². The van der Waals surface area contributed by atoms with E-state index in [9.17, 15) is 4.79 Å². The minimum Gasteiger partial charge on any atom is -0.477 e. The Kier molecular flexibility index (Phi) is 2.94. The summed E-state index contributed by atoms with van der Waals surface area (Å²) < 4.78 is 1.98. The van der Waals surface area contributed by atoms with E-state index in [4.69, 9.17) is 5.11 Å². The van der Waals surface area contributed by atoms with Gasteiger partial charge < -0.3 is 10.0 Å². The second-order valence-electron chi connectivity index (χ2n) is 4.58. The summed E-state index contributed by atoms with van der Waals surface area (Å²) in [7, 11) is 3.84. The molecular formula is C14H13N3O2S. The van der Waals surface area contributed by atoms with Gasteiger partial charge in [0.25, 0.3) is 0 Å². The van der Waals surface area contributed by atoms with Crippen molar-refractivity contribution in [2.75, 3.05) is 19.0 Å². The fraction of sp³-hybridized carbons (Fsp3) is 0.143. The summed E-state index contributed by atoms with van der Waals surface area (Å²) in [4.78, 5) is 18.7. The molecule has 6 heteroatoms. The molecule has 0 amide bonds. The number of carboxylic acid groups (broad SMARTS) is 1. The van der Waals surface area contributed by atoms with Gasteiger partial charge in [-0.15, -0.1) is 11.3 Å². The highest BCUT2D eigenvalue weighted by atomic mass is 32.1. The van der Waals surface area contributed by atoms with Crippen LogP contribution in [-0.2, 0) is 0 Å². The molecule has 5 nitrogen and oxygen atoms in total. The summed E-state index contributed by atoms with van der Waals surface area (Å²) in [6.07, 6.45) is 0. The fourth-order valence-corrected chi connectivity index (χ4v) is 3.03. The molecule has 0 bridgehead atoms. The molecule has 0 atom stereocenters. The molecule has 0 saturated heterocycles. The van der Waals surface area contributed by atoms with E-state index in [0.29, 0.717) is 10.4 Å². The van der Waals surface area contributed by atoms with Gasteiger partial charge in [0, 0.05) is 19.8 Å². The van der Waals surface area contributed by atoms with Crippen LogP contribution in [0.4, 0.5) is 5.95 Å². The molecule has 102 valence electrons. The van der Waals surface area contributed by atoms with Crippen LogP contribution in [0, 0.1) is 0 Å². The lowest BCUT2D eigenvalue weighted by Crippen LogP contribution is -2.14. The van der Waals surface area contributed by atoms with E-state index in [-0.39, 0.29) is 0 Å². The number of carbonyl (C=O) groups is 1. The quantitative estimate of drug-likeness (QED) is 0.804. The van der Waals surface area contributed by atoms with Crippen LogP contribution >= 0.6 is 11.3 Å². The maximum Gasteiger partial charge on any atom is 0.346 e. The first-order valence-corrected chi connectivity index (χ1v) is 6.88. The Bertz CT molecular complexity index is 774. The lowest BCUT2D eigenvalue weighted by Gasteiger charge is -2.14. The largest absolute Gasteiger partial charge is 0.477 e. The highest BCUT2D eigenvalue weighted by Gasteiger charge is 2.19. The van der Waals surface area contributed by atoms with Crippen LogP contribution in [-0.4, -0.2) is 34.7 Å². The summed E-state index contributed by atoms with van der Waals surface area (Å²) in [5.74, 6) is -0.131. The Morgan fingerprint density at radius 1 is 1.30 bits per heavy atom. The predicted octanol–water partition coefficient (Wildman–Crippen LogP) is 2.85. The maximum atomic E-state index is 11.1. The van der Waals surface area contributed by atoms with Crippen LogP contribution in [0.2, 0.25) is 0 Å². The Morgan fingerprint density at radius 2 is 2.00 bits per heavy atom. The van der Waals surface area contributed by atoms with Gasteiger partial charge in [0.1, 0.15) is 15.2 Å². The molecule has 1 N–H and O–H groups in total. The van der Waals surface area contributed by atoms with Crippen molar-refractivity contribution in [2.24, 2.45) is 0 Å². The third-order valence-corrected chi connectivity index (χ3v) is 4.04. The van der Waals surface area contributed by atoms with E-state index in [1.165, 1.54) is 11.3 Å². The standard InChI is InChI=1S/C14H13N3O2S/c1-16(2)14-15-10-8-11(13(18)19)20-12(10)17(14)9-6-4-3-5-7-9/h3-8H,1-2H3,(H,18,19). The van der Waals surface area contributed by atoms with Gasteiger partial charge in [-0.1, -0.05) is 18.2 Å². The van der Waals surface area contributed by atoms with Crippen LogP contribution < -0.4 is 4.90 Å². The van der Waals surface area contributed by atoms with Crippen molar-refractivity contribution in [3.63, 3.8) is 0 Å². The number of anilines is 1. The topological polar surface area (TPSA) is 58.4 Å². The first-order valence-electron chi connectivity index (χ1n) is 6.06. The SMILES string of the molecule is CN(C)c1nc2cc(C(=O)O)sc2n1-c1ccccc1. The Morgan fingerprint density at radius 3 is 2.60 bits per heavy atom. The van der Waals surface area contributed by atoms with E-state index in [1.54, 1.807) is 6.07 Å². The first-order chi connectivity index (χ1) is 9.58. The molecule has 0 aliphatic rings. The van der Waals surface area contributed by atoms with E-state index in [0.717, 1.165) is 16.5 Å². The number of fused-ring (bicyclic) bond motifs is 1. The predicted molar refractivity (Wildman–Crippen MR) is 80.2 cm³/mol. The molecular weight excluding hydrogens is 274 g/mol. The third kappa shape index (κ3) is 1.94. The Hall–Kier alpha value is -2.34. The number of para-hydroxylation sites is 1. The van der Waals surface area contributed by atoms with Crippen LogP contribution in [0.5, 0.6) is 0 Å². The number of nitrogens with zero attached hydrogens (tertiary/aromatic N) is 3. The van der Waals surface area contributed by atoms with Crippen molar-refractivity contribution < 1.29 is 9.90 Å². The molecule has 20 heavy (non-hydrogen) atoms. The highest BCUT2D eigenvalue weighted by Crippen LogP contribution is 2.32. The molecule has 0 aliphatic heterocycles. The van der Waals surface area contributed by atoms with Gasteiger partial charge in [0.2, 0.25) is 5.95 Å². The molecule has 0 unspecified atom stereocenters. The molecule has 2 heterocycles. The zero-order chi connectivity index (χ0) is 14.3. The van der Waals surface area contributed by atoms with Crippen molar-refractivity contribution in [3.8, 4) is 5.69 Å². The van der Waals surface area contributed by atoms with Gasteiger partial charge in [-0.3, -0.25) is 4.57 Å². The van der Waals surface area contributed by atoms with Crippen molar-refractivity contribution in [1.29, 1.82) is 0 Å². The number of hydrogen-bond acceptors (Lipinski definition) is 4. The smallest absolute Gasteiger partial charge is 0.346 e. The second kappa shape index (κ2) is 4.64. The summed E-state index contributed by atoms with van der Waals surface area (Å²) in [5.41, 5.74) is 1.68. The third-order valence-electron chi connectivity index (χ3n) is 2.94. The molecule has 0 spiro atoms. The number of rotatable bonds is 3. The lowest BCUT2D eigenvalue weighted by molar-refractivity contribution is 0.0702. The monoisotopic (exact) mass is 287 g/mol. The van der Waals surface area contributed by atoms with Gasteiger partial charge in [-0.25, -0.2) is 9.78 Å². The van der Waals surface area contributed by atoms with E-state index >= 15 is 0 Å². The number of aromatic nitrogens is 2. The van der Waals surface area contributed by atoms with Crippen LogP contribution in [0.3, 0.4) is 0 Å². The molecule has 1 aromatic carbocycles. The van der Waals surface area contributed by atoms with Gasteiger partial charge >= 0.3 is 5.97 Å². The van der Waals surface area contributed by atoms with Gasteiger partial charge in [0.15, 0.2) is 0 Å². The van der Waals surface area contributed by atoms with Crippen molar-refractivity contribution in [2.45, 2.75) is 0 Å². The van der Waals surface area contributed by atoms with E-state index in [2.05, 4.69) is 4.98 Å². The fourth-order valence-electron chi connectivity index (χ4n) is 2.08. The van der Waals surface area contributed by atoms with Crippen molar-refractivity contribution in [3.05, 3.63) is 41.3 Å². The van der Waals surface area contributed by atoms with Crippen molar-refractivity contribution in [1.82, 2.24) is 9.55 Å². The second-order valence-corrected chi connectivity index (χ2v) is 5.61. The zero-order valence-electron chi connectivity index (χ0n) is 11.1. The average molecular weight is 287 g/mol. The summed E-state index contributed by atoms with van der Waals surface area (Å²) in [5, 5.41) is 9.11. The molecule has 0 aliphatic carbocycles. The van der Waals surface area contributed by atoms with E-state index < -0.39 is 5.97 Å². The molecule has 0 radical (unpaired) electrons. The number of benzene rings is 1. The minimum absolute atomic E-state index is 0.303. The highest BCUT2D eigenvalue weighted by molar-refractivity contribution is 7.20. The number of imidazole rings is 1. The Labute approximate surface area is 119 Å². The number of carboxylic acids is 1. The number of thiophene rings is 1. The molecule has 2 aromatic heterocycles. The lowest BCUT2D eigenvalue weighted by atomic mass is 10.3. The van der Waals surface area contributed by atoms with Crippen LogP contribution in [0.15, 0.2) is 36.4 Å². The van der Waals surface area contributed by atoms with Crippen molar-refractivity contribution >= 4 is 33.6 Å². The first kappa shape index (κ1) is 12.7. The summed E-state index contributed by atoms with van der Waals surface area (Å²) in [6.45, 7) is 0. The number of aromatic carboxylic acids is 1. The maximum absolute atomic E-state index is 11.1. The zero-order valence-corrected chi connectivity index (χ0v) is 11.9. The van der Waals surface area contributed by atoms with Crippen LogP contribution in [0.25, 0.3) is 16.0 Å². The number of hydrogen-bond donors (Lipinski definition) is 1. The Balaban J connectivity index is 2.30. The average Bonchev–Trinajstić information content (AvgIpc) is 2.96. The molecule has 0 saturated carbocycles. The van der Waals surface area contributed by atoms with Gasteiger partial charge in [0.05, 0.1) is 0 Å². The summed E-state index contributed by atoms with van der Waals surface area (Å²) in [6, 6.07) is 11.4. The normalized spacial score (nSPS) is 10.9. The van der Waals surface area contributed by atoms with Crippen LogP contribution in [0.1, 0.15) is 9.67 Å². The summed E-state index contributed by atoms with van der Waals surface area (Å²) >= 11 is 1.24. The molecule has 3 aromatic rings. The minimum atomic E-state index is -0.918.